The van der Waals surface area contributed by atoms with E-state index in [1.807, 2.05) is 18.5 Å². The second-order valence-electron chi connectivity index (χ2n) is 5.75. The van der Waals surface area contributed by atoms with Crippen LogP contribution in [0.15, 0.2) is 16.9 Å². The number of rotatable bonds is 1. The number of benzene rings is 1. The van der Waals surface area contributed by atoms with E-state index in [9.17, 15) is 4.79 Å². The topological polar surface area (TPSA) is 30.2 Å². The maximum Gasteiger partial charge on any atom is 0.328 e. The van der Waals surface area contributed by atoms with Gasteiger partial charge < -0.3 is 4.90 Å². The molecule has 2 heterocycles. The van der Waals surface area contributed by atoms with Gasteiger partial charge in [0.2, 0.25) is 0 Å². The molecule has 0 radical (unpaired) electrons. The molecule has 1 aliphatic rings. The zero-order chi connectivity index (χ0) is 13.7. The summed E-state index contributed by atoms with van der Waals surface area (Å²) in [6, 6.07) is 4.38. The van der Waals surface area contributed by atoms with Gasteiger partial charge >= 0.3 is 5.69 Å². The summed E-state index contributed by atoms with van der Waals surface area (Å²) >= 11 is 0. The van der Waals surface area contributed by atoms with Crippen molar-refractivity contribution in [3.05, 3.63) is 28.2 Å². The molecule has 2 aromatic rings. The van der Waals surface area contributed by atoms with Crippen LogP contribution in [0.25, 0.3) is 11.0 Å². The summed E-state index contributed by atoms with van der Waals surface area (Å²) in [5.74, 6) is 0.667. The molecular formula is C15H21N3O. The van der Waals surface area contributed by atoms with Crippen LogP contribution in [-0.2, 0) is 20.0 Å². The molecule has 0 N–H and O–H groups in total. The maximum absolute atomic E-state index is 12.2. The van der Waals surface area contributed by atoms with Crippen LogP contribution in [0.5, 0.6) is 0 Å². The van der Waals surface area contributed by atoms with Gasteiger partial charge in [0.05, 0.1) is 11.0 Å². The van der Waals surface area contributed by atoms with Gasteiger partial charge in [-0.25, -0.2) is 4.79 Å². The molecule has 102 valence electrons. The smallest absolute Gasteiger partial charge is 0.328 e. The molecule has 4 heteroatoms. The fraction of sp³-hybridized carbons (Fsp3) is 0.533. The molecule has 1 unspecified atom stereocenters. The van der Waals surface area contributed by atoms with Gasteiger partial charge in [0.15, 0.2) is 0 Å². The van der Waals surface area contributed by atoms with E-state index in [4.69, 9.17) is 0 Å². The van der Waals surface area contributed by atoms with Crippen molar-refractivity contribution in [3.8, 4) is 0 Å². The fourth-order valence-electron chi connectivity index (χ4n) is 3.31. The van der Waals surface area contributed by atoms with Crippen LogP contribution in [0.4, 0.5) is 5.69 Å². The lowest BCUT2D eigenvalue weighted by Crippen LogP contribution is -2.30. The Bertz CT molecular complexity index is 695. The van der Waals surface area contributed by atoms with E-state index in [-0.39, 0.29) is 5.69 Å². The molecule has 0 amide bonds. The van der Waals surface area contributed by atoms with Crippen molar-refractivity contribution in [2.24, 2.45) is 13.0 Å². The molecular weight excluding hydrogens is 238 g/mol. The highest BCUT2D eigenvalue weighted by molar-refractivity contribution is 5.83. The Morgan fingerprint density at radius 3 is 2.68 bits per heavy atom. The average molecular weight is 259 g/mol. The molecule has 19 heavy (non-hydrogen) atoms. The largest absolute Gasteiger partial charge is 0.374 e. The molecule has 0 aliphatic carbocycles. The van der Waals surface area contributed by atoms with Crippen molar-refractivity contribution >= 4 is 16.7 Å². The SMILES string of the molecule is CCn1c(=O)n(C)c2cc3c(cc21)CC(C)CN3C. The van der Waals surface area contributed by atoms with Crippen LogP contribution in [0.3, 0.4) is 0 Å². The van der Waals surface area contributed by atoms with Gasteiger partial charge in [-0.1, -0.05) is 6.92 Å². The summed E-state index contributed by atoms with van der Waals surface area (Å²) in [6.45, 7) is 6.11. The Balaban J connectivity index is 2.33. The summed E-state index contributed by atoms with van der Waals surface area (Å²) in [6.07, 6.45) is 1.10. The van der Waals surface area contributed by atoms with Gasteiger partial charge in [0, 0.05) is 32.9 Å². The summed E-state index contributed by atoms with van der Waals surface area (Å²) < 4.78 is 3.61. The highest BCUT2D eigenvalue weighted by Crippen LogP contribution is 2.32. The second-order valence-corrected chi connectivity index (χ2v) is 5.75. The molecule has 0 bridgehead atoms. The monoisotopic (exact) mass is 259 g/mol. The Morgan fingerprint density at radius 1 is 1.26 bits per heavy atom. The minimum atomic E-state index is 0.0792. The third-order valence-electron chi connectivity index (χ3n) is 4.23. The highest BCUT2D eigenvalue weighted by Gasteiger charge is 2.21. The number of hydrogen-bond donors (Lipinski definition) is 0. The molecule has 0 saturated carbocycles. The standard InChI is InChI=1S/C15H21N3O/c1-5-18-14-7-11-6-10(2)9-16(3)12(11)8-13(14)17(4)15(18)19/h7-8,10H,5-6,9H2,1-4H3. The lowest BCUT2D eigenvalue weighted by molar-refractivity contribution is 0.552. The maximum atomic E-state index is 12.2. The first kappa shape index (κ1) is 12.3. The molecule has 3 rings (SSSR count). The molecule has 1 aromatic carbocycles. The molecule has 1 aromatic heterocycles. The first-order chi connectivity index (χ1) is 9.02. The lowest BCUT2D eigenvalue weighted by atomic mass is 9.94. The van der Waals surface area contributed by atoms with Gasteiger partial charge in [-0.2, -0.15) is 0 Å². The lowest BCUT2D eigenvalue weighted by Gasteiger charge is -2.31. The zero-order valence-corrected chi connectivity index (χ0v) is 12.1. The Kier molecular flexibility index (Phi) is 2.69. The Labute approximate surface area is 113 Å². The number of imidazole rings is 1. The minimum Gasteiger partial charge on any atom is -0.374 e. The van der Waals surface area contributed by atoms with Crippen molar-refractivity contribution < 1.29 is 0 Å². The van der Waals surface area contributed by atoms with E-state index in [0.717, 1.165) is 30.5 Å². The number of aryl methyl sites for hydroxylation is 2. The predicted molar refractivity (Wildman–Crippen MR) is 79.0 cm³/mol. The van der Waals surface area contributed by atoms with Gasteiger partial charge in [0.25, 0.3) is 0 Å². The summed E-state index contributed by atoms with van der Waals surface area (Å²) in [5, 5.41) is 0. The van der Waals surface area contributed by atoms with Crippen molar-refractivity contribution in [2.75, 3.05) is 18.5 Å². The Hall–Kier alpha value is -1.71. The van der Waals surface area contributed by atoms with Crippen molar-refractivity contribution in [1.29, 1.82) is 0 Å². The molecule has 1 atom stereocenters. The number of anilines is 1. The first-order valence-corrected chi connectivity index (χ1v) is 6.96. The number of hydrogen-bond acceptors (Lipinski definition) is 2. The summed E-state index contributed by atoms with van der Waals surface area (Å²) in [7, 11) is 3.99. The van der Waals surface area contributed by atoms with Gasteiger partial charge in [-0.15, -0.1) is 0 Å². The molecule has 1 aliphatic heterocycles. The number of fused-ring (bicyclic) bond motifs is 2. The quantitative estimate of drug-likeness (QED) is 0.784. The van der Waals surface area contributed by atoms with Crippen LogP contribution < -0.4 is 10.6 Å². The van der Waals surface area contributed by atoms with E-state index < -0.39 is 0 Å². The third-order valence-corrected chi connectivity index (χ3v) is 4.23. The third kappa shape index (κ3) is 1.70. The molecule has 0 spiro atoms. The number of aromatic nitrogens is 2. The van der Waals surface area contributed by atoms with Gasteiger partial charge in [0.1, 0.15) is 0 Å². The first-order valence-electron chi connectivity index (χ1n) is 6.96. The van der Waals surface area contributed by atoms with E-state index in [1.165, 1.54) is 11.3 Å². The van der Waals surface area contributed by atoms with Crippen molar-refractivity contribution in [2.45, 2.75) is 26.8 Å². The van der Waals surface area contributed by atoms with Crippen LogP contribution >= 0.6 is 0 Å². The summed E-state index contributed by atoms with van der Waals surface area (Å²) in [4.78, 5) is 14.5. The fourth-order valence-corrected chi connectivity index (χ4v) is 3.31. The molecule has 0 saturated heterocycles. The summed E-state index contributed by atoms with van der Waals surface area (Å²) in [5.41, 5.74) is 4.81. The van der Waals surface area contributed by atoms with Crippen LogP contribution in [0.1, 0.15) is 19.4 Å². The van der Waals surface area contributed by atoms with Crippen LogP contribution in [0.2, 0.25) is 0 Å². The van der Waals surface area contributed by atoms with Crippen molar-refractivity contribution in [3.63, 3.8) is 0 Å². The zero-order valence-electron chi connectivity index (χ0n) is 12.1. The van der Waals surface area contributed by atoms with Crippen LogP contribution in [0, 0.1) is 5.92 Å². The highest BCUT2D eigenvalue weighted by atomic mass is 16.1. The normalized spacial score (nSPS) is 18.9. The van der Waals surface area contributed by atoms with Crippen molar-refractivity contribution in [1.82, 2.24) is 9.13 Å². The average Bonchev–Trinajstić information content (AvgIpc) is 2.59. The predicted octanol–water partition coefficient (Wildman–Crippen LogP) is 1.99. The van der Waals surface area contributed by atoms with E-state index in [2.05, 4.69) is 31.0 Å². The van der Waals surface area contributed by atoms with Gasteiger partial charge in [-0.3, -0.25) is 9.13 Å². The molecule has 0 fully saturated rings. The van der Waals surface area contributed by atoms with E-state index in [0.29, 0.717) is 5.92 Å². The van der Waals surface area contributed by atoms with Gasteiger partial charge in [-0.05, 0) is 37.0 Å². The Morgan fingerprint density at radius 2 is 2.00 bits per heavy atom. The minimum absolute atomic E-state index is 0.0792. The van der Waals surface area contributed by atoms with E-state index in [1.54, 1.807) is 4.57 Å². The second kappa shape index (κ2) is 4.15. The molecule has 4 nitrogen and oxygen atoms in total. The van der Waals surface area contributed by atoms with E-state index >= 15 is 0 Å². The van der Waals surface area contributed by atoms with Crippen LogP contribution in [-0.4, -0.2) is 22.7 Å². The number of nitrogens with zero attached hydrogens (tertiary/aromatic N) is 3.